The van der Waals surface area contributed by atoms with Crippen molar-refractivity contribution in [2.75, 3.05) is 13.1 Å². The normalized spacial score (nSPS) is 10.9. The third kappa shape index (κ3) is 9.55. The zero-order chi connectivity index (χ0) is 14.6. The Kier molecular flexibility index (Phi) is 12.3. The van der Waals surface area contributed by atoms with Gasteiger partial charge in [-0.2, -0.15) is 0 Å². The van der Waals surface area contributed by atoms with E-state index >= 15 is 0 Å². The minimum atomic E-state index is -1.08. The second-order valence-electron chi connectivity index (χ2n) is 2.90. The van der Waals surface area contributed by atoms with E-state index in [0.717, 1.165) is 18.9 Å². The summed E-state index contributed by atoms with van der Waals surface area (Å²) in [6.45, 7) is 2.27. The number of hydrogen-bond donors (Lipinski definition) is 0. The molecule has 0 unspecified atom stereocenters. The molecule has 0 atom stereocenters. The van der Waals surface area contributed by atoms with Crippen LogP contribution in [0.5, 0.6) is 0 Å². The van der Waals surface area contributed by atoms with Gasteiger partial charge in [-0.05, 0) is 25.3 Å². The van der Waals surface area contributed by atoms with Crippen molar-refractivity contribution in [3.63, 3.8) is 0 Å². The molecule has 0 bridgehead atoms. The van der Waals surface area contributed by atoms with Crippen molar-refractivity contribution in [3.05, 3.63) is 21.0 Å². The van der Waals surface area contributed by atoms with Crippen molar-refractivity contribution < 1.29 is 31.9 Å². The van der Waals surface area contributed by atoms with E-state index in [0.29, 0.717) is 0 Å². The second kappa shape index (κ2) is 11.8. The Morgan fingerprint density at radius 1 is 0.944 bits per heavy atom. The molecular weight excluding hydrogens is 331 g/mol. The molecule has 0 aromatic carbocycles. The predicted octanol–water partition coefficient (Wildman–Crippen LogP) is 0.583. The molecule has 0 aliphatic rings. The van der Waals surface area contributed by atoms with E-state index in [1.54, 1.807) is 0 Å². The molecule has 18 heavy (non-hydrogen) atoms. The zero-order valence-electron chi connectivity index (χ0n) is 9.62. The van der Waals surface area contributed by atoms with Crippen LogP contribution in [0.15, 0.2) is 10.3 Å². The molecule has 0 fully saturated rings. The molecule has 10 heteroatoms. The molecular formula is C8H10N4O5Tc-. The fraction of sp³-hybridized carbons (Fsp3) is 0.500. The number of carbonyl (C=O) groups is 2. The molecule has 0 saturated carbocycles. The molecule has 0 rings (SSSR count). The molecule has 0 heterocycles. The van der Waals surface area contributed by atoms with Crippen LogP contribution in [0.3, 0.4) is 0 Å². The van der Waals surface area contributed by atoms with Crippen LogP contribution >= 0.6 is 0 Å². The average Bonchev–Trinajstić information content (AvgIpc) is 2.43. The number of amides is 2. The van der Waals surface area contributed by atoms with Crippen LogP contribution in [0.2, 0.25) is 0 Å². The van der Waals surface area contributed by atoms with Gasteiger partial charge in [0.25, 0.3) is 0 Å². The molecule has 0 radical (unpaired) electrons. The Hall–Kier alpha value is -1.67. The Balaban J connectivity index is 0. The molecule has 0 aliphatic carbocycles. The molecule has 0 aromatic heterocycles. The summed E-state index contributed by atoms with van der Waals surface area (Å²) < 4.78 is 8.22. The van der Waals surface area contributed by atoms with Gasteiger partial charge in [0.15, 0.2) is 0 Å². The standard InChI is InChI=1S/C8H14N4O4.O.Tc/c1-5(11-15)3-9-7(13)8(14)10-4-6(2)12-16;;/h3-4H2,1-2H3,(H4,9,10,13,14,15,16);;/q;;+3/p-4/b11-5+,12-6+;;/i;;1+1. The topological polar surface area (TPSA) is 150 Å². The van der Waals surface area contributed by atoms with Crippen LogP contribution in [-0.4, -0.2) is 36.3 Å². The first kappa shape index (κ1) is 18.7. The van der Waals surface area contributed by atoms with Gasteiger partial charge in [-0.25, -0.2) is 0 Å². The Morgan fingerprint density at radius 2 is 1.22 bits per heavy atom. The van der Waals surface area contributed by atoms with Crippen LogP contribution in [0, 0.1) is 10.4 Å². The van der Waals surface area contributed by atoms with Crippen LogP contribution in [0.25, 0.3) is 10.6 Å². The van der Waals surface area contributed by atoms with Crippen LogP contribution in [0.4, 0.5) is 0 Å². The summed E-state index contributed by atoms with van der Waals surface area (Å²) >= 11 is 0.900. The first-order valence-electron chi connectivity index (χ1n) is 4.41. The third-order valence-electron chi connectivity index (χ3n) is 1.40. The van der Waals surface area contributed by atoms with E-state index in [-0.39, 0.29) is 24.5 Å². The van der Waals surface area contributed by atoms with Crippen LogP contribution < -0.4 is 0 Å². The molecule has 9 nitrogen and oxygen atoms in total. The van der Waals surface area contributed by atoms with Gasteiger partial charge in [0.1, 0.15) is 11.8 Å². The quantitative estimate of drug-likeness (QED) is 0.416. The van der Waals surface area contributed by atoms with Crippen molar-refractivity contribution in [3.8, 4) is 0 Å². The Labute approximate surface area is 114 Å². The SMILES string of the molecule is C/C(C[N-]C(=O)C(=O)[N-]C/C(C)=N/[O-])=N\[O-].[O]=[99Tc+3]. The second-order valence-corrected chi connectivity index (χ2v) is 2.90. The average molecular weight is 341 g/mol. The summed E-state index contributed by atoms with van der Waals surface area (Å²) in [5, 5.41) is 31.4. The van der Waals surface area contributed by atoms with Gasteiger partial charge in [-0.15, -0.1) is 0 Å². The molecule has 0 aromatic rings. The van der Waals surface area contributed by atoms with Crippen molar-refractivity contribution in [2.24, 2.45) is 10.3 Å². The van der Waals surface area contributed by atoms with Gasteiger partial charge >= 0.3 is 22.4 Å². The zero-order valence-corrected chi connectivity index (χ0v) is 11.5. The van der Waals surface area contributed by atoms with Gasteiger partial charge in [0.2, 0.25) is 0 Å². The van der Waals surface area contributed by atoms with E-state index < -0.39 is 11.8 Å². The maximum absolute atomic E-state index is 11.0. The number of nitrogens with zero attached hydrogens (tertiary/aromatic N) is 4. The summed E-state index contributed by atoms with van der Waals surface area (Å²) in [6.07, 6.45) is 0. The van der Waals surface area contributed by atoms with Gasteiger partial charge in [0, 0.05) is 0 Å². The van der Waals surface area contributed by atoms with E-state index in [4.69, 9.17) is 3.50 Å². The molecule has 0 spiro atoms. The van der Waals surface area contributed by atoms with Crippen molar-refractivity contribution in [1.29, 1.82) is 0 Å². The van der Waals surface area contributed by atoms with E-state index in [1.165, 1.54) is 13.8 Å². The first-order chi connectivity index (χ1) is 8.51. The van der Waals surface area contributed by atoms with Crippen LogP contribution in [0.1, 0.15) is 13.8 Å². The van der Waals surface area contributed by atoms with E-state index in [1.807, 2.05) is 0 Å². The van der Waals surface area contributed by atoms with Crippen molar-refractivity contribution in [2.45, 2.75) is 13.8 Å². The number of hydrogen-bond acceptors (Lipinski definition) is 7. The molecule has 0 saturated heterocycles. The molecule has 100 valence electrons. The van der Waals surface area contributed by atoms with E-state index in [9.17, 15) is 20.0 Å². The monoisotopic (exact) mass is 341 g/mol. The summed E-state index contributed by atoms with van der Waals surface area (Å²) in [7, 11) is 0. The summed E-state index contributed by atoms with van der Waals surface area (Å²) in [6, 6.07) is 0. The van der Waals surface area contributed by atoms with Crippen molar-refractivity contribution >= 4 is 23.2 Å². The maximum atomic E-state index is 11.0. The molecule has 0 N–H and O–H groups in total. The van der Waals surface area contributed by atoms with Gasteiger partial charge in [-0.1, -0.05) is 13.1 Å². The van der Waals surface area contributed by atoms with Gasteiger partial charge in [-0.3, -0.25) is 0 Å². The number of rotatable bonds is 4. The molecule has 2 amide bonds. The Morgan fingerprint density at radius 3 is 1.44 bits per heavy atom. The van der Waals surface area contributed by atoms with Gasteiger partial charge < -0.3 is 40.9 Å². The van der Waals surface area contributed by atoms with Crippen LogP contribution in [-0.2, 0) is 31.9 Å². The van der Waals surface area contributed by atoms with Gasteiger partial charge in [0.05, 0.1) is 0 Å². The fourth-order valence-corrected chi connectivity index (χ4v) is 0.565. The first-order valence-corrected chi connectivity index (χ1v) is 5.17. The van der Waals surface area contributed by atoms with E-state index in [2.05, 4.69) is 20.9 Å². The van der Waals surface area contributed by atoms with Crippen molar-refractivity contribution in [1.82, 2.24) is 0 Å². The Bertz CT molecular complexity index is 312. The summed E-state index contributed by atoms with van der Waals surface area (Å²) in [5.41, 5.74) is 0.164. The fourth-order valence-electron chi connectivity index (χ4n) is 0.565. The molecule has 0 aliphatic heterocycles. The summed E-state index contributed by atoms with van der Waals surface area (Å²) in [5.74, 6) is -2.16. The summed E-state index contributed by atoms with van der Waals surface area (Å²) in [4.78, 5) is 22.0. The number of carbonyl (C=O) groups excluding carboxylic acids is 2. The predicted molar refractivity (Wildman–Crippen MR) is 60.1 cm³/mol. The minimum absolute atomic E-state index is 0.0819. The third-order valence-corrected chi connectivity index (χ3v) is 1.40.